The van der Waals surface area contributed by atoms with E-state index in [0.29, 0.717) is 18.1 Å². The standard InChI is InChI=1S/C15H24N2O2/c1-11(2)5-4-8-19-10-13-9-12(15(16)17)6-7-14(13)18-3/h6-7,9,11H,4-5,8,10H2,1-3H3,(H3,16,17). The second-order valence-corrected chi connectivity index (χ2v) is 5.03. The van der Waals surface area contributed by atoms with Gasteiger partial charge in [0.25, 0.3) is 0 Å². The molecule has 1 aromatic rings. The average Bonchev–Trinajstić information content (AvgIpc) is 2.37. The summed E-state index contributed by atoms with van der Waals surface area (Å²) in [6.07, 6.45) is 2.23. The van der Waals surface area contributed by atoms with E-state index < -0.39 is 0 Å². The van der Waals surface area contributed by atoms with Crippen LogP contribution in [-0.4, -0.2) is 19.6 Å². The molecule has 0 heterocycles. The molecule has 3 N–H and O–H groups in total. The predicted molar refractivity (Wildman–Crippen MR) is 77.7 cm³/mol. The molecule has 0 spiro atoms. The molecular formula is C15H24N2O2. The lowest BCUT2D eigenvalue weighted by Gasteiger charge is -2.11. The maximum atomic E-state index is 7.45. The lowest BCUT2D eigenvalue weighted by atomic mass is 10.1. The molecule has 0 amide bonds. The molecule has 1 rings (SSSR count). The van der Waals surface area contributed by atoms with Gasteiger partial charge in [0.15, 0.2) is 0 Å². The number of amidine groups is 1. The Bertz CT molecular complexity index is 417. The number of hydrogen-bond donors (Lipinski definition) is 2. The molecule has 0 saturated carbocycles. The first-order valence-electron chi connectivity index (χ1n) is 6.63. The zero-order valence-corrected chi connectivity index (χ0v) is 12.0. The largest absolute Gasteiger partial charge is 0.496 e. The normalized spacial score (nSPS) is 10.7. The quantitative estimate of drug-likeness (QED) is 0.431. The maximum Gasteiger partial charge on any atom is 0.124 e. The van der Waals surface area contributed by atoms with Crippen LogP contribution in [0.5, 0.6) is 5.75 Å². The highest BCUT2D eigenvalue weighted by molar-refractivity contribution is 5.95. The highest BCUT2D eigenvalue weighted by Gasteiger charge is 2.06. The van der Waals surface area contributed by atoms with Crippen LogP contribution < -0.4 is 10.5 Å². The third kappa shape index (κ3) is 5.30. The summed E-state index contributed by atoms with van der Waals surface area (Å²) in [5, 5.41) is 7.45. The number of ether oxygens (including phenoxy) is 2. The van der Waals surface area contributed by atoms with Gasteiger partial charge in [-0.3, -0.25) is 5.41 Å². The van der Waals surface area contributed by atoms with Crippen molar-refractivity contribution in [3.05, 3.63) is 29.3 Å². The predicted octanol–water partition coefficient (Wildman–Crippen LogP) is 2.93. The van der Waals surface area contributed by atoms with Crippen molar-refractivity contribution in [2.45, 2.75) is 33.3 Å². The van der Waals surface area contributed by atoms with Crippen molar-refractivity contribution < 1.29 is 9.47 Å². The number of hydrogen-bond acceptors (Lipinski definition) is 3. The van der Waals surface area contributed by atoms with E-state index >= 15 is 0 Å². The summed E-state index contributed by atoms with van der Waals surface area (Å²) >= 11 is 0. The molecule has 0 radical (unpaired) electrons. The third-order valence-corrected chi connectivity index (χ3v) is 2.92. The Hall–Kier alpha value is -1.55. The Morgan fingerprint density at radius 3 is 2.68 bits per heavy atom. The van der Waals surface area contributed by atoms with Gasteiger partial charge < -0.3 is 15.2 Å². The van der Waals surface area contributed by atoms with Gasteiger partial charge in [-0.05, 0) is 37.0 Å². The van der Waals surface area contributed by atoms with Crippen LogP contribution in [0.15, 0.2) is 18.2 Å². The second kappa shape index (κ2) is 7.79. The number of nitrogens with one attached hydrogen (secondary N) is 1. The lowest BCUT2D eigenvalue weighted by Crippen LogP contribution is -2.11. The van der Waals surface area contributed by atoms with Gasteiger partial charge in [-0.15, -0.1) is 0 Å². The summed E-state index contributed by atoms with van der Waals surface area (Å²) in [6.45, 7) is 5.65. The SMILES string of the molecule is COc1ccc(C(=N)N)cc1COCCCC(C)C. The number of nitrogens with two attached hydrogens (primary N) is 1. The number of nitrogen functional groups attached to an aromatic ring is 1. The van der Waals surface area contributed by atoms with Crippen molar-refractivity contribution in [2.24, 2.45) is 11.7 Å². The van der Waals surface area contributed by atoms with Crippen LogP contribution in [0.1, 0.15) is 37.8 Å². The topological polar surface area (TPSA) is 68.3 Å². The molecule has 0 aromatic heterocycles. The van der Waals surface area contributed by atoms with Gasteiger partial charge in [0.05, 0.1) is 13.7 Å². The number of benzene rings is 1. The van der Waals surface area contributed by atoms with Crippen LogP contribution in [0.4, 0.5) is 0 Å². The minimum atomic E-state index is 0.0590. The molecule has 0 aliphatic carbocycles. The Labute approximate surface area is 115 Å². The summed E-state index contributed by atoms with van der Waals surface area (Å²) in [4.78, 5) is 0. The van der Waals surface area contributed by atoms with Gasteiger partial charge in [-0.1, -0.05) is 13.8 Å². The Kier molecular flexibility index (Phi) is 6.36. The van der Waals surface area contributed by atoms with Crippen LogP contribution in [0.25, 0.3) is 0 Å². The molecule has 4 nitrogen and oxygen atoms in total. The Balaban J connectivity index is 2.55. The van der Waals surface area contributed by atoms with E-state index in [1.165, 1.54) is 6.42 Å². The van der Waals surface area contributed by atoms with Gasteiger partial charge in [-0.2, -0.15) is 0 Å². The van der Waals surface area contributed by atoms with Crippen molar-refractivity contribution in [1.29, 1.82) is 5.41 Å². The highest BCUT2D eigenvalue weighted by atomic mass is 16.5. The van der Waals surface area contributed by atoms with Crippen molar-refractivity contribution in [3.8, 4) is 5.75 Å². The first kappa shape index (κ1) is 15.5. The van der Waals surface area contributed by atoms with Crippen LogP contribution in [-0.2, 0) is 11.3 Å². The van der Waals surface area contributed by atoms with E-state index in [2.05, 4.69) is 13.8 Å². The fraction of sp³-hybridized carbons (Fsp3) is 0.533. The van der Waals surface area contributed by atoms with Gasteiger partial charge in [-0.25, -0.2) is 0 Å². The van der Waals surface area contributed by atoms with E-state index in [1.807, 2.05) is 12.1 Å². The summed E-state index contributed by atoms with van der Waals surface area (Å²) in [6, 6.07) is 5.45. The minimum Gasteiger partial charge on any atom is -0.496 e. The van der Waals surface area contributed by atoms with Gasteiger partial charge in [0.2, 0.25) is 0 Å². The zero-order chi connectivity index (χ0) is 14.3. The second-order valence-electron chi connectivity index (χ2n) is 5.03. The fourth-order valence-electron chi connectivity index (χ4n) is 1.83. The van der Waals surface area contributed by atoms with Gasteiger partial charge in [0, 0.05) is 17.7 Å². The molecule has 106 valence electrons. The third-order valence-electron chi connectivity index (χ3n) is 2.92. The molecule has 19 heavy (non-hydrogen) atoms. The van der Waals surface area contributed by atoms with Crippen molar-refractivity contribution in [2.75, 3.05) is 13.7 Å². The van der Waals surface area contributed by atoms with Crippen LogP contribution in [0, 0.1) is 11.3 Å². The van der Waals surface area contributed by atoms with E-state index in [9.17, 15) is 0 Å². The van der Waals surface area contributed by atoms with E-state index in [4.69, 9.17) is 20.6 Å². The molecule has 0 saturated heterocycles. The average molecular weight is 264 g/mol. The molecule has 0 unspecified atom stereocenters. The maximum absolute atomic E-state index is 7.45. The Morgan fingerprint density at radius 1 is 1.37 bits per heavy atom. The molecule has 4 heteroatoms. The molecule has 0 atom stereocenters. The lowest BCUT2D eigenvalue weighted by molar-refractivity contribution is 0.113. The Morgan fingerprint density at radius 2 is 2.11 bits per heavy atom. The fourth-order valence-corrected chi connectivity index (χ4v) is 1.83. The molecule has 0 fully saturated rings. The van der Waals surface area contributed by atoms with Crippen LogP contribution >= 0.6 is 0 Å². The summed E-state index contributed by atoms with van der Waals surface area (Å²) in [5.74, 6) is 1.54. The minimum absolute atomic E-state index is 0.0590. The number of methoxy groups -OCH3 is 1. The van der Waals surface area contributed by atoms with Crippen LogP contribution in [0.3, 0.4) is 0 Å². The molecule has 1 aromatic carbocycles. The molecular weight excluding hydrogens is 240 g/mol. The summed E-state index contributed by atoms with van der Waals surface area (Å²) < 4.78 is 10.9. The molecule has 0 aliphatic heterocycles. The highest BCUT2D eigenvalue weighted by Crippen LogP contribution is 2.20. The van der Waals surface area contributed by atoms with E-state index in [-0.39, 0.29) is 5.84 Å². The smallest absolute Gasteiger partial charge is 0.124 e. The van der Waals surface area contributed by atoms with Crippen molar-refractivity contribution in [1.82, 2.24) is 0 Å². The van der Waals surface area contributed by atoms with Crippen LogP contribution in [0.2, 0.25) is 0 Å². The first-order chi connectivity index (χ1) is 9.04. The van der Waals surface area contributed by atoms with Crippen molar-refractivity contribution >= 4 is 5.84 Å². The van der Waals surface area contributed by atoms with Crippen molar-refractivity contribution in [3.63, 3.8) is 0 Å². The monoisotopic (exact) mass is 264 g/mol. The van der Waals surface area contributed by atoms with Gasteiger partial charge >= 0.3 is 0 Å². The summed E-state index contributed by atoms with van der Waals surface area (Å²) in [7, 11) is 1.63. The van der Waals surface area contributed by atoms with Gasteiger partial charge in [0.1, 0.15) is 11.6 Å². The molecule has 0 aliphatic rings. The number of rotatable bonds is 8. The molecule has 0 bridgehead atoms. The van der Waals surface area contributed by atoms with E-state index in [0.717, 1.165) is 24.3 Å². The summed E-state index contributed by atoms with van der Waals surface area (Å²) in [5.41, 5.74) is 7.11. The van der Waals surface area contributed by atoms with E-state index in [1.54, 1.807) is 13.2 Å². The zero-order valence-electron chi connectivity index (χ0n) is 12.0. The first-order valence-corrected chi connectivity index (χ1v) is 6.63.